The number of halogens is 4. The Morgan fingerprint density at radius 2 is 0.867 bits per heavy atom. The normalized spacial score (nSPS) is 12.8. The zero-order chi connectivity index (χ0) is 102. The third-order valence-electron chi connectivity index (χ3n) is 21.8. The minimum atomic E-state index is -1.06. The van der Waals surface area contributed by atoms with Crippen LogP contribution in [0.5, 0.6) is 51.7 Å². The van der Waals surface area contributed by atoms with Crippen molar-refractivity contribution in [3.63, 3.8) is 0 Å². The molecule has 0 radical (unpaired) electrons. The fourth-order valence-electron chi connectivity index (χ4n) is 14.3. The van der Waals surface area contributed by atoms with E-state index in [2.05, 4.69) is 54.9 Å². The molecule has 2 aliphatic rings. The number of hydrogen-bond acceptors (Lipinski definition) is 24. The Bertz CT molecular complexity index is 7180. The number of phenolic OH excluding ortho intramolecular Hbond substituents is 1. The van der Waals surface area contributed by atoms with Crippen molar-refractivity contribution in [3.8, 4) is 51.7 Å². The maximum absolute atomic E-state index is 12.8. The molecular weight excluding hydrogens is 1910 g/mol. The number of carboxylic acid groups (broad SMARTS) is 2. The van der Waals surface area contributed by atoms with E-state index in [1.165, 1.54) is 66.6 Å². The summed E-state index contributed by atoms with van der Waals surface area (Å²) >= 11 is 16.8. The van der Waals surface area contributed by atoms with E-state index in [4.69, 9.17) is 96.9 Å². The number of carboxylic acids is 2. The molecule has 0 spiro atoms. The SMILES string of the molecule is CCOC(=O)c1cnccc1Cl.CCOC(=O)c1cnccc1Oc1ccc(C)cc1.COc1ccc(CCl)cc1.COc1ccc(CN2CC[C@H]3Oc4ccc(C)cc4[C@H](O)[C@H]3C2)cc1.COc1ccc(C[n+]2ccc3oc4ccc(C)cc4c(=O)c3c2)cc1.Cc1ccc(O)cc1.Cc1ccc(Oc2ccncc2C(=O)O)cc1.Cc1ccc2oc3ccncc3c(=O)c2c1.O=C(O)c1cnccc1Cl.[2HH].[Cl-].[H+]. The molecule has 0 amide bonds. The number of aryl methyl sites for hydroxylation is 6. The number of esters is 2. The van der Waals surface area contributed by atoms with Gasteiger partial charge in [-0.15, -0.1) is 11.6 Å². The van der Waals surface area contributed by atoms with Crippen LogP contribution in [-0.2, 0) is 28.4 Å². The molecule has 0 bridgehead atoms. The van der Waals surface area contributed by atoms with Gasteiger partial charge >= 0.3 is 25.3 Å². The number of piperidine rings is 1. The molecule has 1 saturated heterocycles. The second-order valence-electron chi connectivity index (χ2n) is 32.3. The van der Waals surface area contributed by atoms with E-state index in [-0.39, 0.29) is 60.0 Å². The van der Waals surface area contributed by atoms with Gasteiger partial charge in [0.15, 0.2) is 24.5 Å². The maximum atomic E-state index is 12.8. The zero-order valence-corrected chi connectivity index (χ0v) is 83.3. The number of aliphatic hydroxyl groups excluding tert-OH is 1. The van der Waals surface area contributed by atoms with Gasteiger partial charge in [0.05, 0.1) is 78.0 Å². The molecule has 3 atom stereocenters. The minimum absolute atomic E-state index is 0. The number of alkyl halides is 1. The van der Waals surface area contributed by atoms with Gasteiger partial charge < -0.3 is 79.6 Å². The lowest BCUT2D eigenvalue weighted by molar-refractivity contribution is -0.687. The van der Waals surface area contributed by atoms with Crippen LogP contribution in [0.4, 0.5) is 0 Å². The van der Waals surface area contributed by atoms with E-state index in [1.807, 2.05) is 215 Å². The van der Waals surface area contributed by atoms with Crippen molar-refractivity contribution in [1.29, 1.82) is 0 Å². The number of rotatable bonds is 18. The summed E-state index contributed by atoms with van der Waals surface area (Å²) in [5.74, 6) is 3.46. The number of fused-ring (bicyclic) bond motifs is 6. The second kappa shape index (κ2) is 54.8. The number of hydrogen-bond donors (Lipinski definition) is 4. The van der Waals surface area contributed by atoms with E-state index >= 15 is 0 Å². The molecule has 0 aliphatic carbocycles. The molecule has 19 rings (SSSR count). The van der Waals surface area contributed by atoms with Crippen molar-refractivity contribution in [2.45, 2.75) is 93.0 Å². The number of benzene rings is 9. The number of phenols is 1. The van der Waals surface area contributed by atoms with E-state index in [0.717, 1.165) is 93.6 Å². The molecule has 1 fully saturated rings. The molecule has 8 aromatic heterocycles. The minimum Gasteiger partial charge on any atom is -1.00 e. The van der Waals surface area contributed by atoms with Crippen LogP contribution in [0.3, 0.4) is 0 Å². The Hall–Kier alpha value is -15.6. The zero-order valence-electron chi connectivity index (χ0n) is 81.3. The van der Waals surface area contributed by atoms with E-state index in [1.54, 1.807) is 96.2 Å². The summed E-state index contributed by atoms with van der Waals surface area (Å²) in [5.41, 5.74) is 14.2. The number of ether oxygens (including phenoxy) is 8. The predicted molar refractivity (Wildman–Crippen MR) is 550 cm³/mol. The largest absolute Gasteiger partial charge is 1.00 e. The van der Waals surface area contributed by atoms with Gasteiger partial charge in [0, 0.05) is 124 Å². The average Bonchev–Trinajstić information content (AvgIpc) is 0.754. The summed E-state index contributed by atoms with van der Waals surface area (Å²) in [6.07, 6.45) is 18.9. The van der Waals surface area contributed by atoms with Crippen LogP contribution >= 0.6 is 34.8 Å². The third kappa shape index (κ3) is 32.2. The van der Waals surface area contributed by atoms with Gasteiger partial charge in [0.25, 0.3) is 0 Å². The first kappa shape index (κ1) is 109. The summed E-state index contributed by atoms with van der Waals surface area (Å²) in [7, 11) is 4.98. The topological polar surface area (TPSA) is 355 Å². The van der Waals surface area contributed by atoms with E-state index in [0.29, 0.717) is 109 Å². The van der Waals surface area contributed by atoms with Crippen LogP contribution < -0.4 is 56.3 Å². The number of aliphatic hydroxyl groups is 1. The van der Waals surface area contributed by atoms with Crippen molar-refractivity contribution >= 4 is 103 Å². The quantitative estimate of drug-likeness (QED) is 0.0268. The van der Waals surface area contributed by atoms with Crippen LogP contribution in [-0.4, -0.2) is 128 Å². The number of nitrogens with zero attached hydrogens (tertiary/aromatic N) is 7. The van der Waals surface area contributed by atoms with E-state index in [9.17, 15) is 33.9 Å². The smallest absolute Gasteiger partial charge is 1.00 e. The van der Waals surface area contributed by atoms with Crippen LogP contribution in [0.2, 0.25) is 10.0 Å². The first-order valence-electron chi connectivity index (χ1n) is 44.9. The highest BCUT2D eigenvalue weighted by Crippen LogP contribution is 2.43. The van der Waals surface area contributed by atoms with Crippen molar-refractivity contribution in [2.24, 2.45) is 5.92 Å². The molecule has 31 heteroatoms. The van der Waals surface area contributed by atoms with Crippen molar-refractivity contribution in [3.05, 3.63) is 419 Å². The van der Waals surface area contributed by atoms with Gasteiger partial charge in [-0.25, -0.2) is 19.2 Å². The molecular formula is C112H110Cl4N7O20+. The number of aromatic hydroxyl groups is 1. The summed E-state index contributed by atoms with van der Waals surface area (Å²) in [6, 6.07) is 73.0. The van der Waals surface area contributed by atoms with Gasteiger partial charge in [-0.2, -0.15) is 4.57 Å². The molecule has 9 aromatic carbocycles. The Balaban J connectivity index is 0.000000203. The number of carbonyl (C=O) groups excluding carboxylic acids is 2. The number of methoxy groups -OCH3 is 3. The molecule has 143 heavy (non-hydrogen) atoms. The molecule has 4 N–H and O–H groups in total. The first-order valence-corrected chi connectivity index (χ1v) is 46.2. The highest BCUT2D eigenvalue weighted by molar-refractivity contribution is 6.33. The van der Waals surface area contributed by atoms with Crippen LogP contribution in [0.25, 0.3) is 43.9 Å². The Labute approximate surface area is 850 Å². The molecule has 0 unspecified atom stereocenters. The van der Waals surface area contributed by atoms with Crippen LogP contribution in [0.1, 0.15) is 126 Å². The van der Waals surface area contributed by atoms with Gasteiger partial charge in [0.1, 0.15) is 91.1 Å². The number of pyridine rings is 6. The lowest BCUT2D eigenvalue weighted by atomic mass is 9.83. The van der Waals surface area contributed by atoms with E-state index < -0.39 is 30.0 Å². The fraction of sp³-hybridized carbons (Fsp3) is 0.196. The lowest BCUT2D eigenvalue weighted by Crippen LogP contribution is -3.00. The van der Waals surface area contributed by atoms with Gasteiger partial charge in [-0.05, 0) is 212 Å². The van der Waals surface area contributed by atoms with Gasteiger partial charge in [-0.3, -0.25) is 39.4 Å². The van der Waals surface area contributed by atoms with Crippen LogP contribution in [0, 0.1) is 47.5 Å². The highest BCUT2D eigenvalue weighted by Gasteiger charge is 2.41. The molecule has 740 valence electrons. The number of carbonyl (C=O) groups is 4. The first-order chi connectivity index (χ1) is 68.5. The summed E-state index contributed by atoms with van der Waals surface area (Å²) in [4.78, 5) is 90.5. The predicted octanol–water partition coefficient (Wildman–Crippen LogP) is 20.7. The Morgan fingerprint density at radius 1 is 0.462 bits per heavy atom. The summed E-state index contributed by atoms with van der Waals surface area (Å²) in [5, 5.41) is 40.0. The summed E-state index contributed by atoms with van der Waals surface area (Å²) < 4.78 is 56.0. The molecule has 0 saturated carbocycles. The summed E-state index contributed by atoms with van der Waals surface area (Å²) in [6.45, 7) is 19.5. The van der Waals surface area contributed by atoms with Crippen molar-refractivity contribution in [1.82, 2.24) is 29.8 Å². The maximum Gasteiger partial charge on any atom is 1.00 e. The lowest BCUT2D eigenvalue weighted by Gasteiger charge is -2.44. The number of likely N-dealkylation sites (tertiary alicyclic amines) is 1. The second-order valence-corrected chi connectivity index (χ2v) is 33.4. The Kier molecular flexibility index (Phi) is 41.9. The molecule has 17 aromatic rings. The average molecular weight is 2020 g/mol. The van der Waals surface area contributed by atoms with Crippen molar-refractivity contribution in [2.75, 3.05) is 47.6 Å². The monoisotopic (exact) mass is 2010 g/mol. The Morgan fingerprint density at radius 3 is 1.35 bits per heavy atom. The number of aromatic nitrogens is 6. The highest BCUT2D eigenvalue weighted by atomic mass is 35.5. The molecule has 10 heterocycles. The third-order valence-corrected chi connectivity index (χ3v) is 22.7. The number of aromatic carboxylic acids is 2. The molecule has 2 aliphatic heterocycles. The van der Waals surface area contributed by atoms with Crippen LogP contribution in [0.15, 0.2) is 329 Å². The van der Waals surface area contributed by atoms with Gasteiger partial charge in [0.2, 0.25) is 10.9 Å². The van der Waals surface area contributed by atoms with Crippen molar-refractivity contribution < 1.29 is 106 Å². The standard InChI is InChI=1S/C21H25NO3.C21H18NO3.C15H15NO3.C13H11NO3.C13H9NO2.C8H8ClNO2.C8H9ClO.C7H8O.C6H4ClNO2.ClH.H2/c2*1-14-3-8-19-17(11-14)21(23)18-13-22(10-9-20(18)25-19)12-15-4-6-16(24-2)7-5-15;1-3-18-15(17)13-10-16-9-8-14(13)19-12-6-4-11(2)5-7-12;1-9-2-4-10(5-3-9)17-12-6-7-14-8-11(12)13(15)16;1-8-2-3-11-9(6-8)13(15)10-7-14-5-4-12(10)16-11;1-2-12-8(11)6-5-10-4-3-7(6)9;1-10-8-4-2-7(6-9)3-5-8;1-6-2-4-7(8)5-3-6;7-5-1-2-8-3-4(5)6(9)10;;/h3-8,11,18,20-21,23H,9-10,12-13H2,1-2H3;3-11,13H,12H2,1-2H3;4-10H,3H2,1-2H3;2-8H,1H3,(H,15,16);2-7H,1H3;3-5H,2H2,1H3;2-5H,6H2,1H3;2-5,8H,1H3;1-3H,(H,9,10);2*1H/q;+1;;;;;;;;;/t18-,20+,21-;;;;;;;;;;/m0........../s1/i;;;;;;;;;;1+1. The fourth-order valence-corrected chi connectivity index (χ4v) is 14.8. The molecule has 27 nitrogen and oxygen atoms in total. The van der Waals surface area contributed by atoms with Gasteiger partial charge in [-0.1, -0.05) is 135 Å².